The summed E-state index contributed by atoms with van der Waals surface area (Å²) in [6, 6.07) is 6.70. The first kappa shape index (κ1) is 13.8. The highest BCUT2D eigenvalue weighted by Crippen LogP contribution is 2.24. The summed E-state index contributed by atoms with van der Waals surface area (Å²) in [4.78, 5) is 0. The van der Waals surface area contributed by atoms with Crippen molar-refractivity contribution in [3.05, 3.63) is 29.0 Å². The van der Waals surface area contributed by atoms with Crippen LogP contribution in [0.1, 0.15) is 26.7 Å². The molecule has 0 spiro atoms. The van der Waals surface area contributed by atoms with Crippen molar-refractivity contribution < 1.29 is 4.39 Å². The van der Waals surface area contributed by atoms with Crippen molar-refractivity contribution in [2.45, 2.75) is 26.7 Å². The Morgan fingerprint density at radius 3 is 2.76 bits per heavy atom. The standard InChI is InChI=1S/C13H16ClFN2/c1-13(2,6-3-7-16)9-17-10-4-5-12(15)11(14)8-10/h4-5,8,17H,3,6,9H2,1-2H3. The lowest BCUT2D eigenvalue weighted by atomic mass is 9.88. The smallest absolute Gasteiger partial charge is 0.141 e. The molecular formula is C13H16ClFN2. The molecule has 1 aromatic carbocycles. The van der Waals surface area contributed by atoms with Crippen LogP contribution in [0.4, 0.5) is 10.1 Å². The number of hydrogen-bond acceptors (Lipinski definition) is 2. The molecule has 0 aliphatic rings. The molecule has 4 heteroatoms. The number of anilines is 1. The quantitative estimate of drug-likeness (QED) is 0.854. The van der Waals surface area contributed by atoms with E-state index >= 15 is 0 Å². The van der Waals surface area contributed by atoms with Gasteiger partial charge in [-0.05, 0) is 30.0 Å². The van der Waals surface area contributed by atoms with Crippen molar-refractivity contribution in [2.75, 3.05) is 11.9 Å². The van der Waals surface area contributed by atoms with Gasteiger partial charge in [0.1, 0.15) is 5.82 Å². The third-order valence-corrected chi connectivity index (χ3v) is 2.89. The molecule has 92 valence electrons. The fourth-order valence-electron chi connectivity index (χ4n) is 1.43. The van der Waals surface area contributed by atoms with Gasteiger partial charge in [-0.1, -0.05) is 25.4 Å². The lowest BCUT2D eigenvalue weighted by Gasteiger charge is -2.24. The molecular weight excluding hydrogens is 239 g/mol. The van der Waals surface area contributed by atoms with Gasteiger partial charge in [0.25, 0.3) is 0 Å². The summed E-state index contributed by atoms with van der Waals surface area (Å²) in [6.45, 7) is 4.89. The molecule has 0 bridgehead atoms. The highest BCUT2D eigenvalue weighted by Gasteiger charge is 2.17. The summed E-state index contributed by atoms with van der Waals surface area (Å²) >= 11 is 5.69. The highest BCUT2D eigenvalue weighted by molar-refractivity contribution is 6.31. The van der Waals surface area contributed by atoms with E-state index in [1.54, 1.807) is 12.1 Å². The van der Waals surface area contributed by atoms with Gasteiger partial charge in [0.15, 0.2) is 0 Å². The Hall–Kier alpha value is -1.27. The van der Waals surface area contributed by atoms with E-state index in [0.29, 0.717) is 6.42 Å². The van der Waals surface area contributed by atoms with Crippen molar-refractivity contribution in [3.63, 3.8) is 0 Å². The van der Waals surface area contributed by atoms with E-state index in [1.807, 2.05) is 0 Å². The number of nitrogens with zero attached hydrogens (tertiary/aromatic N) is 1. The summed E-state index contributed by atoms with van der Waals surface area (Å²) in [6.07, 6.45) is 1.37. The van der Waals surface area contributed by atoms with Crippen molar-refractivity contribution in [2.24, 2.45) is 5.41 Å². The van der Waals surface area contributed by atoms with Crippen LogP contribution in [0, 0.1) is 22.6 Å². The molecule has 0 aromatic heterocycles. The Kier molecular flexibility index (Phi) is 4.77. The number of nitriles is 1. The van der Waals surface area contributed by atoms with E-state index in [-0.39, 0.29) is 10.4 Å². The van der Waals surface area contributed by atoms with Crippen LogP contribution in [0.2, 0.25) is 5.02 Å². The minimum Gasteiger partial charge on any atom is -0.384 e. The summed E-state index contributed by atoms with van der Waals surface area (Å²) < 4.78 is 12.9. The first-order chi connectivity index (χ1) is 7.94. The third-order valence-electron chi connectivity index (χ3n) is 2.60. The third kappa shape index (κ3) is 4.62. The first-order valence-electron chi connectivity index (χ1n) is 5.50. The number of hydrogen-bond donors (Lipinski definition) is 1. The maximum Gasteiger partial charge on any atom is 0.141 e. The summed E-state index contributed by atoms with van der Waals surface area (Å²) in [5, 5.41) is 11.9. The minimum absolute atomic E-state index is 0.0244. The average molecular weight is 255 g/mol. The van der Waals surface area contributed by atoms with Gasteiger partial charge in [-0.25, -0.2) is 4.39 Å². The summed E-state index contributed by atoms with van der Waals surface area (Å²) in [7, 11) is 0. The van der Waals surface area contributed by atoms with E-state index in [9.17, 15) is 4.39 Å². The molecule has 0 atom stereocenters. The summed E-state index contributed by atoms with van der Waals surface area (Å²) in [5.74, 6) is -0.416. The molecule has 0 amide bonds. The number of benzene rings is 1. The average Bonchev–Trinajstić information content (AvgIpc) is 2.28. The molecule has 0 unspecified atom stereocenters. The second kappa shape index (κ2) is 5.88. The molecule has 0 saturated heterocycles. The molecule has 0 aliphatic carbocycles. The van der Waals surface area contributed by atoms with E-state index in [2.05, 4.69) is 25.2 Å². The zero-order valence-corrected chi connectivity index (χ0v) is 10.8. The number of halogens is 2. The van der Waals surface area contributed by atoms with Gasteiger partial charge in [-0.2, -0.15) is 5.26 Å². The van der Waals surface area contributed by atoms with E-state index < -0.39 is 5.82 Å². The molecule has 1 rings (SSSR count). The molecule has 0 heterocycles. The predicted molar refractivity (Wildman–Crippen MR) is 68.5 cm³/mol. The molecule has 0 aliphatic heterocycles. The van der Waals surface area contributed by atoms with E-state index in [4.69, 9.17) is 16.9 Å². The molecule has 2 nitrogen and oxygen atoms in total. The fraction of sp³-hybridized carbons (Fsp3) is 0.462. The van der Waals surface area contributed by atoms with E-state index in [0.717, 1.165) is 18.7 Å². The highest BCUT2D eigenvalue weighted by atomic mass is 35.5. The normalized spacial score (nSPS) is 11.0. The number of nitrogens with one attached hydrogen (secondary N) is 1. The zero-order valence-electron chi connectivity index (χ0n) is 10.1. The fourth-order valence-corrected chi connectivity index (χ4v) is 1.61. The molecule has 0 radical (unpaired) electrons. The predicted octanol–water partition coefficient (Wildman–Crippen LogP) is 4.22. The maximum absolute atomic E-state index is 12.9. The van der Waals surface area contributed by atoms with Gasteiger partial charge in [0, 0.05) is 18.7 Å². The monoisotopic (exact) mass is 254 g/mol. The van der Waals surface area contributed by atoms with Crippen LogP contribution in [0.3, 0.4) is 0 Å². The lowest BCUT2D eigenvalue weighted by Crippen LogP contribution is -2.22. The molecule has 1 N–H and O–H groups in total. The molecule has 1 aromatic rings. The van der Waals surface area contributed by atoms with Crippen LogP contribution >= 0.6 is 11.6 Å². The van der Waals surface area contributed by atoms with Gasteiger partial charge in [-0.15, -0.1) is 0 Å². The van der Waals surface area contributed by atoms with Crippen molar-refractivity contribution in [1.29, 1.82) is 5.26 Å². The van der Waals surface area contributed by atoms with Crippen molar-refractivity contribution in [3.8, 4) is 6.07 Å². The second-order valence-corrected chi connectivity index (χ2v) is 5.21. The van der Waals surface area contributed by atoms with Crippen LogP contribution in [0.25, 0.3) is 0 Å². The Morgan fingerprint density at radius 1 is 1.47 bits per heavy atom. The topological polar surface area (TPSA) is 35.8 Å². The van der Waals surface area contributed by atoms with Gasteiger partial charge >= 0.3 is 0 Å². The van der Waals surface area contributed by atoms with Crippen LogP contribution < -0.4 is 5.32 Å². The Morgan fingerprint density at radius 2 is 2.18 bits per heavy atom. The van der Waals surface area contributed by atoms with Gasteiger partial charge in [0.2, 0.25) is 0 Å². The molecule has 0 fully saturated rings. The second-order valence-electron chi connectivity index (χ2n) is 4.80. The summed E-state index contributed by atoms with van der Waals surface area (Å²) in [5.41, 5.74) is 0.817. The zero-order chi connectivity index (χ0) is 12.9. The van der Waals surface area contributed by atoms with Crippen LogP contribution in [0.15, 0.2) is 18.2 Å². The first-order valence-corrected chi connectivity index (χ1v) is 5.88. The van der Waals surface area contributed by atoms with Gasteiger partial charge in [0.05, 0.1) is 11.1 Å². The Balaban J connectivity index is 2.55. The minimum atomic E-state index is -0.416. The van der Waals surface area contributed by atoms with Crippen molar-refractivity contribution in [1.82, 2.24) is 0 Å². The maximum atomic E-state index is 12.9. The van der Waals surface area contributed by atoms with Crippen LogP contribution in [0.5, 0.6) is 0 Å². The van der Waals surface area contributed by atoms with Crippen molar-refractivity contribution >= 4 is 17.3 Å². The van der Waals surface area contributed by atoms with Gasteiger partial charge in [-0.3, -0.25) is 0 Å². The lowest BCUT2D eigenvalue weighted by molar-refractivity contribution is 0.364. The Labute approximate surface area is 106 Å². The molecule has 17 heavy (non-hydrogen) atoms. The number of rotatable bonds is 5. The van der Waals surface area contributed by atoms with Crippen LogP contribution in [-0.4, -0.2) is 6.54 Å². The van der Waals surface area contributed by atoms with Crippen LogP contribution in [-0.2, 0) is 0 Å². The SMILES string of the molecule is CC(C)(CCC#N)CNc1ccc(F)c(Cl)c1. The molecule has 0 saturated carbocycles. The Bertz CT molecular complexity index is 424. The van der Waals surface area contributed by atoms with E-state index in [1.165, 1.54) is 6.07 Å². The van der Waals surface area contributed by atoms with Gasteiger partial charge < -0.3 is 5.32 Å². The largest absolute Gasteiger partial charge is 0.384 e.